The monoisotopic (exact) mass is 786 g/mol. The van der Waals surface area contributed by atoms with Crippen molar-refractivity contribution >= 4 is 35.8 Å². The summed E-state index contributed by atoms with van der Waals surface area (Å²) >= 11 is 0. The SMILES string of the molecule is O=C(C[C@@H](CCCC[N+]1=C2NC(NCCC[C@H](NC(=O)OCc3ccccc3)C(=O)O)=N[C@H]2C[C@H](O)[C@H](O)C1)C(=O)OCc1ccccc1)OCc1ccccc1. The number of carboxylic acid groups (broad SMARTS) is 1. The van der Waals surface area contributed by atoms with Crippen LogP contribution in [-0.2, 0) is 48.4 Å². The molecule has 2 aliphatic rings. The molecule has 3 aromatic carbocycles. The van der Waals surface area contributed by atoms with Gasteiger partial charge in [-0.05, 0) is 48.8 Å². The van der Waals surface area contributed by atoms with Crippen LogP contribution in [0.25, 0.3) is 0 Å². The number of carboxylic acids is 1. The number of nitrogens with one attached hydrogen (secondary N) is 3. The Morgan fingerprint density at radius 2 is 1.37 bits per heavy atom. The van der Waals surface area contributed by atoms with Crippen LogP contribution >= 0.6 is 0 Å². The molecule has 15 nitrogen and oxygen atoms in total. The van der Waals surface area contributed by atoms with E-state index in [9.17, 15) is 34.5 Å². The molecule has 0 saturated carbocycles. The second kappa shape index (κ2) is 22.1. The van der Waals surface area contributed by atoms with Crippen molar-refractivity contribution in [1.82, 2.24) is 16.0 Å². The van der Waals surface area contributed by atoms with Crippen molar-refractivity contribution in [3.05, 3.63) is 108 Å². The average molecular weight is 787 g/mol. The zero-order valence-electron chi connectivity index (χ0n) is 31.8. The number of benzene rings is 3. The highest BCUT2D eigenvalue weighted by Gasteiger charge is 2.40. The summed E-state index contributed by atoms with van der Waals surface area (Å²) in [4.78, 5) is 54.8. The van der Waals surface area contributed by atoms with Gasteiger partial charge in [0.2, 0.25) is 0 Å². The molecule has 15 heteroatoms. The van der Waals surface area contributed by atoms with Crippen molar-refractivity contribution in [1.29, 1.82) is 0 Å². The second-order valence-electron chi connectivity index (χ2n) is 14.1. The first-order chi connectivity index (χ1) is 27.6. The van der Waals surface area contributed by atoms with E-state index in [1.807, 2.05) is 83.4 Å². The van der Waals surface area contributed by atoms with Gasteiger partial charge in [-0.1, -0.05) is 91.0 Å². The first-order valence-electron chi connectivity index (χ1n) is 19.3. The minimum absolute atomic E-state index is 0.0190. The summed E-state index contributed by atoms with van der Waals surface area (Å²) < 4.78 is 18.2. The average Bonchev–Trinajstić information content (AvgIpc) is 3.58. The summed E-state index contributed by atoms with van der Waals surface area (Å²) in [6, 6.07) is 26.1. The number of hydrogen-bond acceptors (Lipinski definition) is 12. The van der Waals surface area contributed by atoms with E-state index in [0.717, 1.165) is 16.7 Å². The van der Waals surface area contributed by atoms with E-state index < -0.39 is 54.2 Å². The molecule has 0 radical (unpaired) electrons. The second-order valence-corrected chi connectivity index (χ2v) is 14.1. The van der Waals surface area contributed by atoms with Gasteiger partial charge in [0, 0.05) is 13.0 Å². The third-order valence-electron chi connectivity index (χ3n) is 9.71. The maximum atomic E-state index is 13.2. The Kier molecular flexibility index (Phi) is 16.4. The first-order valence-corrected chi connectivity index (χ1v) is 19.3. The van der Waals surface area contributed by atoms with Crippen molar-refractivity contribution in [2.75, 3.05) is 19.6 Å². The number of rotatable bonds is 20. The fourth-order valence-electron chi connectivity index (χ4n) is 6.56. The Bertz CT molecular complexity index is 1830. The van der Waals surface area contributed by atoms with Gasteiger partial charge in [0.1, 0.15) is 38.5 Å². The van der Waals surface area contributed by atoms with Gasteiger partial charge in [-0.15, -0.1) is 0 Å². The number of carbonyl (C=O) groups is 4. The largest absolute Gasteiger partial charge is 0.480 e. The summed E-state index contributed by atoms with van der Waals surface area (Å²) in [5.74, 6) is -1.71. The molecule has 0 bridgehead atoms. The number of amides is 1. The number of guanidine groups is 1. The van der Waals surface area contributed by atoms with Crippen molar-refractivity contribution in [2.24, 2.45) is 10.9 Å². The lowest BCUT2D eigenvalue weighted by Crippen LogP contribution is -2.44. The van der Waals surface area contributed by atoms with E-state index in [1.54, 1.807) is 12.1 Å². The van der Waals surface area contributed by atoms with E-state index in [-0.39, 0.29) is 45.6 Å². The number of alkyl carbamates (subject to hydrolysis) is 1. The standard InChI is InChI=1S/C42H51N5O10/c48-35-24-34-38(46-41(44-34)43-21-12-20-33(39(51)52)45-42(54)57-28-31-17-8-3-9-18-31)47(25-36(35)49)22-11-10-19-32(40(53)56-27-30-15-6-2-7-16-30)23-37(50)55-26-29-13-4-1-5-14-29/h1-9,13-18,32-36,48-49H,10-12,19-28H2,(H3,43,44,45,51,52,54)/p+1/t32-,33+,34+,35+,36-/m1/s1. The number of amidine groups is 1. The molecule has 5 rings (SSSR count). The molecule has 304 valence electrons. The summed E-state index contributed by atoms with van der Waals surface area (Å²) in [7, 11) is 0. The third kappa shape index (κ3) is 14.0. The van der Waals surface area contributed by atoms with E-state index in [2.05, 4.69) is 20.9 Å². The first kappa shape index (κ1) is 42.3. The van der Waals surface area contributed by atoms with E-state index in [0.29, 0.717) is 50.6 Å². The van der Waals surface area contributed by atoms with Crippen molar-refractivity contribution in [2.45, 2.75) is 89.1 Å². The smallest absolute Gasteiger partial charge is 0.408 e. The number of β-amino-alcohol motifs (C(OH)–C–C–N with tert-alkyl or cyclic N) is 1. The van der Waals surface area contributed by atoms with Crippen molar-refractivity contribution in [3.8, 4) is 0 Å². The Labute approximate surface area is 331 Å². The summed E-state index contributed by atoms with van der Waals surface area (Å²) in [5.41, 5.74) is 2.46. The van der Waals surface area contributed by atoms with Crippen LogP contribution < -0.4 is 16.0 Å². The number of esters is 2. The zero-order valence-corrected chi connectivity index (χ0v) is 31.8. The van der Waals surface area contributed by atoms with Gasteiger partial charge < -0.3 is 40.2 Å². The fourth-order valence-corrected chi connectivity index (χ4v) is 6.56. The summed E-state index contributed by atoms with van der Waals surface area (Å²) in [6.45, 7) is 1.19. The number of fused-ring (bicyclic) bond motifs is 1. The van der Waals surface area contributed by atoms with E-state index in [1.165, 1.54) is 0 Å². The molecule has 2 heterocycles. The van der Waals surface area contributed by atoms with Gasteiger partial charge in [-0.2, -0.15) is 0 Å². The number of aliphatic imine (C=N–C) groups is 1. The predicted octanol–water partition coefficient (Wildman–Crippen LogP) is 3.26. The highest BCUT2D eigenvalue weighted by Crippen LogP contribution is 2.20. The molecule has 3 aromatic rings. The highest BCUT2D eigenvalue weighted by molar-refractivity contribution is 6.05. The Morgan fingerprint density at radius 1 is 0.772 bits per heavy atom. The van der Waals surface area contributed by atoms with Crippen LogP contribution in [0.5, 0.6) is 0 Å². The third-order valence-corrected chi connectivity index (χ3v) is 9.71. The van der Waals surface area contributed by atoms with Crippen LogP contribution in [0.15, 0.2) is 96.0 Å². The number of nitrogens with zero attached hydrogens (tertiary/aromatic N) is 2. The van der Waals surface area contributed by atoms with Gasteiger partial charge in [0.05, 0.1) is 25.0 Å². The molecule has 6 N–H and O–H groups in total. The molecule has 0 unspecified atom stereocenters. The minimum atomic E-state index is -1.18. The molecule has 0 spiro atoms. The number of ether oxygens (including phenoxy) is 3. The van der Waals surface area contributed by atoms with Gasteiger partial charge in [-0.25, -0.2) is 19.9 Å². The Morgan fingerprint density at radius 3 is 1.98 bits per heavy atom. The van der Waals surface area contributed by atoms with Crippen LogP contribution in [0.3, 0.4) is 0 Å². The quantitative estimate of drug-likeness (QED) is 0.0423. The zero-order chi connectivity index (χ0) is 40.4. The van der Waals surface area contributed by atoms with Gasteiger partial charge in [-0.3, -0.25) is 14.2 Å². The molecule has 0 aliphatic carbocycles. The molecular weight excluding hydrogens is 734 g/mol. The number of aliphatic carboxylic acids is 1. The van der Waals surface area contributed by atoms with Crippen LogP contribution in [0.4, 0.5) is 4.79 Å². The number of aliphatic hydroxyl groups is 2. The lowest BCUT2D eigenvalue weighted by molar-refractivity contribution is -0.539. The van der Waals surface area contributed by atoms with Crippen molar-refractivity contribution in [3.63, 3.8) is 0 Å². The summed E-state index contributed by atoms with van der Waals surface area (Å²) in [6.07, 6.45) is -0.696. The van der Waals surface area contributed by atoms with Gasteiger partial charge in [0.15, 0.2) is 6.04 Å². The number of unbranched alkanes of at least 4 members (excludes halogenated alkanes) is 1. The lowest BCUT2D eigenvalue weighted by Gasteiger charge is -2.17. The van der Waals surface area contributed by atoms with Crippen LogP contribution in [0, 0.1) is 5.92 Å². The molecule has 57 heavy (non-hydrogen) atoms. The van der Waals surface area contributed by atoms with Gasteiger partial charge in [0.25, 0.3) is 11.8 Å². The number of aliphatic hydroxyl groups excluding tert-OH is 2. The topological polar surface area (TPSA) is 208 Å². The molecule has 5 atom stereocenters. The minimum Gasteiger partial charge on any atom is -0.480 e. The van der Waals surface area contributed by atoms with E-state index >= 15 is 0 Å². The Hall–Kier alpha value is -5.80. The van der Waals surface area contributed by atoms with Crippen LogP contribution in [0.1, 0.15) is 61.6 Å². The summed E-state index contributed by atoms with van der Waals surface area (Å²) in [5, 5.41) is 39.8. The maximum absolute atomic E-state index is 13.2. The molecule has 1 amide bonds. The molecular formula is C42H52N5O10+. The normalized spacial score (nSPS) is 18.5. The molecule has 2 aliphatic heterocycles. The predicted molar refractivity (Wildman–Crippen MR) is 209 cm³/mol. The van der Waals surface area contributed by atoms with Crippen LogP contribution in [0.2, 0.25) is 0 Å². The highest BCUT2D eigenvalue weighted by atomic mass is 16.6. The molecule has 0 fully saturated rings. The molecule has 0 saturated heterocycles. The molecule has 0 aromatic heterocycles. The Balaban J connectivity index is 1.11. The van der Waals surface area contributed by atoms with Crippen molar-refractivity contribution < 1.29 is 53.3 Å². The van der Waals surface area contributed by atoms with E-state index in [4.69, 9.17) is 14.2 Å². The fraction of sp³-hybridized carbons (Fsp3) is 0.429. The lowest BCUT2D eigenvalue weighted by atomic mass is 9.98. The van der Waals surface area contributed by atoms with Gasteiger partial charge >= 0.3 is 24.0 Å². The van der Waals surface area contributed by atoms with Crippen LogP contribution in [-0.4, -0.2) is 99.6 Å². The number of carbonyl (C=O) groups excluding carboxylic acids is 3. The number of hydrogen-bond donors (Lipinski definition) is 6. The maximum Gasteiger partial charge on any atom is 0.408 e.